The van der Waals surface area contributed by atoms with Gasteiger partial charge in [-0.25, -0.2) is 0 Å². The Morgan fingerprint density at radius 3 is 2.38 bits per heavy atom. The third-order valence-corrected chi connectivity index (χ3v) is 3.72. The Bertz CT molecular complexity index is 757. The first-order valence-electron chi connectivity index (χ1n) is 7.12. The van der Waals surface area contributed by atoms with E-state index in [9.17, 15) is 0 Å². The van der Waals surface area contributed by atoms with E-state index in [2.05, 4.69) is 36.2 Å². The number of methoxy groups -OCH3 is 1. The predicted molar refractivity (Wildman–Crippen MR) is 86.2 cm³/mol. The zero-order chi connectivity index (χ0) is 14.8. The van der Waals surface area contributed by atoms with Gasteiger partial charge in [0, 0.05) is 16.6 Å². The van der Waals surface area contributed by atoms with Gasteiger partial charge in [0.1, 0.15) is 11.5 Å². The molecule has 0 aliphatic carbocycles. The van der Waals surface area contributed by atoms with Gasteiger partial charge in [-0.05, 0) is 67.4 Å². The first-order valence-corrected chi connectivity index (χ1v) is 7.12. The van der Waals surface area contributed by atoms with E-state index >= 15 is 0 Å². The Balaban J connectivity index is 2.05. The number of aromatic amines is 1. The fourth-order valence-corrected chi connectivity index (χ4v) is 2.61. The summed E-state index contributed by atoms with van der Waals surface area (Å²) >= 11 is 0. The first kappa shape index (κ1) is 13.6. The molecule has 3 nitrogen and oxygen atoms in total. The van der Waals surface area contributed by atoms with Crippen molar-refractivity contribution in [2.24, 2.45) is 0 Å². The van der Waals surface area contributed by atoms with Crippen LogP contribution in [-0.4, -0.2) is 18.7 Å². The van der Waals surface area contributed by atoms with Gasteiger partial charge >= 0.3 is 0 Å². The molecule has 0 saturated carbocycles. The minimum Gasteiger partial charge on any atom is -0.497 e. The Morgan fingerprint density at radius 2 is 1.71 bits per heavy atom. The average molecular weight is 281 g/mol. The summed E-state index contributed by atoms with van der Waals surface area (Å²) in [6, 6.07) is 14.3. The van der Waals surface area contributed by atoms with Crippen molar-refractivity contribution in [3.05, 3.63) is 48.0 Å². The molecule has 0 amide bonds. The van der Waals surface area contributed by atoms with E-state index in [1.165, 1.54) is 10.9 Å². The molecule has 0 saturated heterocycles. The van der Waals surface area contributed by atoms with Crippen molar-refractivity contribution in [3.63, 3.8) is 0 Å². The fourth-order valence-electron chi connectivity index (χ4n) is 2.61. The molecule has 21 heavy (non-hydrogen) atoms. The van der Waals surface area contributed by atoms with Crippen molar-refractivity contribution in [2.75, 3.05) is 13.7 Å². The number of aromatic nitrogens is 1. The highest BCUT2D eigenvalue weighted by atomic mass is 16.5. The maximum Gasteiger partial charge on any atom is 0.119 e. The minimum absolute atomic E-state index is 0.685. The number of fused-ring (bicyclic) bond motifs is 1. The van der Waals surface area contributed by atoms with Crippen LogP contribution in [0.5, 0.6) is 11.5 Å². The zero-order valence-corrected chi connectivity index (χ0v) is 12.6. The second-order valence-electron chi connectivity index (χ2n) is 4.99. The van der Waals surface area contributed by atoms with Crippen molar-refractivity contribution in [2.45, 2.75) is 13.8 Å². The van der Waals surface area contributed by atoms with E-state index in [-0.39, 0.29) is 0 Å². The van der Waals surface area contributed by atoms with Gasteiger partial charge in [-0.1, -0.05) is 0 Å². The molecule has 3 aromatic rings. The highest BCUT2D eigenvalue weighted by molar-refractivity contribution is 5.91. The topological polar surface area (TPSA) is 34.2 Å². The van der Waals surface area contributed by atoms with Crippen molar-refractivity contribution >= 4 is 10.9 Å². The van der Waals surface area contributed by atoms with Gasteiger partial charge in [0.05, 0.1) is 13.7 Å². The molecule has 1 aromatic heterocycles. The maximum absolute atomic E-state index is 5.49. The Hall–Kier alpha value is -2.42. The van der Waals surface area contributed by atoms with Gasteiger partial charge in [0.25, 0.3) is 0 Å². The molecular weight excluding hydrogens is 262 g/mol. The summed E-state index contributed by atoms with van der Waals surface area (Å²) < 4.78 is 10.8. The Morgan fingerprint density at radius 1 is 1.00 bits per heavy atom. The number of rotatable bonds is 4. The van der Waals surface area contributed by atoms with Crippen molar-refractivity contribution in [1.82, 2.24) is 4.98 Å². The molecular formula is C18H19NO2. The predicted octanol–water partition coefficient (Wildman–Crippen LogP) is 4.55. The third kappa shape index (κ3) is 2.47. The summed E-state index contributed by atoms with van der Waals surface area (Å²) in [6.07, 6.45) is 0. The van der Waals surface area contributed by atoms with Crippen LogP contribution in [0.25, 0.3) is 22.2 Å². The second kappa shape index (κ2) is 5.52. The molecule has 0 unspecified atom stereocenters. The number of H-pyrrole nitrogens is 1. The molecule has 0 spiro atoms. The quantitative estimate of drug-likeness (QED) is 0.761. The molecule has 2 aromatic carbocycles. The number of hydrogen-bond acceptors (Lipinski definition) is 2. The molecule has 3 heteroatoms. The summed E-state index contributed by atoms with van der Waals surface area (Å²) in [7, 11) is 1.69. The Kier molecular flexibility index (Phi) is 3.57. The van der Waals surface area contributed by atoms with Gasteiger partial charge in [-0.3, -0.25) is 0 Å². The van der Waals surface area contributed by atoms with Crippen LogP contribution in [-0.2, 0) is 0 Å². The molecule has 1 heterocycles. The molecule has 3 rings (SSSR count). The number of benzene rings is 2. The fraction of sp³-hybridized carbons (Fsp3) is 0.222. The molecule has 0 aliphatic rings. The highest BCUT2D eigenvalue weighted by Gasteiger charge is 2.10. The summed E-state index contributed by atoms with van der Waals surface area (Å²) in [5, 5.41) is 1.19. The van der Waals surface area contributed by atoms with Crippen LogP contribution >= 0.6 is 0 Å². The van der Waals surface area contributed by atoms with Crippen LogP contribution in [0.1, 0.15) is 12.5 Å². The maximum atomic E-state index is 5.49. The van der Waals surface area contributed by atoms with E-state index < -0.39 is 0 Å². The summed E-state index contributed by atoms with van der Waals surface area (Å²) in [5.74, 6) is 1.78. The average Bonchev–Trinajstić information content (AvgIpc) is 2.85. The number of ether oxygens (including phenoxy) is 2. The zero-order valence-electron chi connectivity index (χ0n) is 12.6. The van der Waals surface area contributed by atoms with Crippen LogP contribution in [0, 0.1) is 6.92 Å². The molecule has 0 radical (unpaired) electrons. The van der Waals surface area contributed by atoms with Gasteiger partial charge in [-0.2, -0.15) is 0 Å². The standard InChI is InChI=1S/C18H19NO2/c1-4-21-14-7-5-13(6-8-14)18-12(2)16-11-15(20-3)9-10-17(16)19-18/h5-11,19H,4H2,1-3H3. The lowest BCUT2D eigenvalue weighted by atomic mass is 10.1. The number of nitrogens with one attached hydrogen (secondary N) is 1. The molecule has 0 fully saturated rings. The molecule has 1 N–H and O–H groups in total. The lowest BCUT2D eigenvalue weighted by Gasteiger charge is -2.05. The monoisotopic (exact) mass is 281 g/mol. The van der Waals surface area contributed by atoms with E-state index in [0.29, 0.717) is 6.61 Å². The van der Waals surface area contributed by atoms with Crippen LogP contribution in [0.3, 0.4) is 0 Å². The highest BCUT2D eigenvalue weighted by Crippen LogP contribution is 2.32. The molecule has 108 valence electrons. The van der Waals surface area contributed by atoms with Gasteiger partial charge in [0.2, 0.25) is 0 Å². The van der Waals surface area contributed by atoms with Crippen LogP contribution < -0.4 is 9.47 Å². The molecule has 0 atom stereocenters. The summed E-state index contributed by atoms with van der Waals surface area (Å²) in [5.41, 5.74) is 4.65. The van der Waals surface area contributed by atoms with Crippen molar-refractivity contribution in [3.8, 4) is 22.8 Å². The van der Waals surface area contributed by atoms with Crippen molar-refractivity contribution in [1.29, 1.82) is 0 Å². The number of hydrogen-bond donors (Lipinski definition) is 1. The summed E-state index contributed by atoms with van der Waals surface area (Å²) in [4.78, 5) is 3.49. The smallest absolute Gasteiger partial charge is 0.119 e. The van der Waals surface area contributed by atoms with Crippen LogP contribution in [0.15, 0.2) is 42.5 Å². The van der Waals surface area contributed by atoms with E-state index in [4.69, 9.17) is 9.47 Å². The largest absolute Gasteiger partial charge is 0.497 e. The van der Waals surface area contributed by atoms with E-state index in [1.54, 1.807) is 7.11 Å². The van der Waals surface area contributed by atoms with Gasteiger partial charge < -0.3 is 14.5 Å². The first-order chi connectivity index (χ1) is 10.2. The lowest BCUT2D eigenvalue weighted by Crippen LogP contribution is -1.90. The second-order valence-corrected chi connectivity index (χ2v) is 4.99. The number of aryl methyl sites for hydroxylation is 1. The van der Waals surface area contributed by atoms with Crippen LogP contribution in [0.2, 0.25) is 0 Å². The third-order valence-electron chi connectivity index (χ3n) is 3.72. The minimum atomic E-state index is 0.685. The van der Waals surface area contributed by atoms with Crippen LogP contribution in [0.4, 0.5) is 0 Å². The summed E-state index contributed by atoms with van der Waals surface area (Å²) in [6.45, 7) is 4.80. The van der Waals surface area contributed by atoms with E-state index in [1.807, 2.05) is 25.1 Å². The lowest BCUT2D eigenvalue weighted by molar-refractivity contribution is 0.340. The SMILES string of the molecule is CCOc1ccc(-c2[nH]c3ccc(OC)cc3c2C)cc1. The van der Waals surface area contributed by atoms with Crippen molar-refractivity contribution < 1.29 is 9.47 Å². The molecule has 0 bridgehead atoms. The van der Waals surface area contributed by atoms with Gasteiger partial charge in [0.15, 0.2) is 0 Å². The molecule has 0 aliphatic heterocycles. The normalized spacial score (nSPS) is 10.8. The van der Waals surface area contributed by atoms with E-state index in [0.717, 1.165) is 28.3 Å². The Labute approximate surface area is 124 Å². The van der Waals surface area contributed by atoms with Gasteiger partial charge in [-0.15, -0.1) is 0 Å².